The van der Waals surface area contributed by atoms with Gasteiger partial charge in [0.05, 0.1) is 33.4 Å². The van der Waals surface area contributed by atoms with Crippen LogP contribution in [0.25, 0.3) is 55.3 Å². The van der Waals surface area contributed by atoms with Gasteiger partial charge in [0.1, 0.15) is 28.1 Å². The van der Waals surface area contributed by atoms with Crippen LogP contribution < -0.4 is 0 Å². The highest BCUT2D eigenvalue weighted by Gasteiger charge is 2.38. The van der Waals surface area contributed by atoms with E-state index in [0.717, 1.165) is 4.88 Å². The molecule has 6 aromatic rings. The van der Waals surface area contributed by atoms with E-state index < -0.39 is 11.7 Å². The Bertz CT molecular complexity index is 1960. The molecule has 206 valence electrons. The average Bonchev–Trinajstić information content (AvgIpc) is 3.74. The SMILES string of the molecule is CC(=O)c1ccc(-c2nccc3[nH]c(-c4[nH]nc5cnc(-c6cncc(CN7CCC(F)(F)C7)c6)c(F)c45)nc23)s1. The molecule has 13 heteroatoms. The number of nitrogens with one attached hydrogen (secondary N) is 2. The Balaban J connectivity index is 1.27. The number of hydrogen-bond donors (Lipinski definition) is 2. The van der Waals surface area contributed by atoms with Crippen molar-refractivity contribution in [2.75, 3.05) is 13.1 Å². The Labute approximate surface area is 234 Å². The lowest BCUT2D eigenvalue weighted by Crippen LogP contribution is -2.24. The highest BCUT2D eigenvalue weighted by molar-refractivity contribution is 7.17. The molecule has 1 aliphatic rings. The summed E-state index contributed by atoms with van der Waals surface area (Å²) in [6.45, 7) is 1.77. The summed E-state index contributed by atoms with van der Waals surface area (Å²) < 4.78 is 43.4. The average molecular weight is 575 g/mol. The number of aromatic nitrogens is 7. The number of alkyl halides is 2. The van der Waals surface area contributed by atoms with Gasteiger partial charge < -0.3 is 4.98 Å². The van der Waals surface area contributed by atoms with E-state index in [-0.39, 0.29) is 42.9 Å². The monoisotopic (exact) mass is 574 g/mol. The third-order valence-electron chi connectivity index (χ3n) is 7.08. The lowest BCUT2D eigenvalue weighted by atomic mass is 10.1. The van der Waals surface area contributed by atoms with Crippen molar-refractivity contribution in [3.8, 4) is 33.3 Å². The number of fused-ring (bicyclic) bond motifs is 2. The Morgan fingerprint density at radius 3 is 2.80 bits per heavy atom. The second kappa shape index (κ2) is 9.56. The maximum absolute atomic E-state index is 16.1. The summed E-state index contributed by atoms with van der Waals surface area (Å²) in [6, 6.07) is 7.07. The minimum atomic E-state index is -2.70. The number of hydrogen-bond acceptors (Lipinski definition) is 8. The maximum Gasteiger partial charge on any atom is 0.261 e. The first-order valence-corrected chi connectivity index (χ1v) is 13.6. The van der Waals surface area contributed by atoms with Crippen molar-refractivity contribution < 1.29 is 18.0 Å². The second-order valence-corrected chi connectivity index (χ2v) is 11.1. The number of imidazole rings is 1. The summed E-state index contributed by atoms with van der Waals surface area (Å²) in [5, 5.41) is 7.31. The molecule has 1 aliphatic heterocycles. The first-order valence-electron chi connectivity index (χ1n) is 12.8. The first kappa shape index (κ1) is 25.5. The highest BCUT2D eigenvalue weighted by atomic mass is 32.1. The van der Waals surface area contributed by atoms with Gasteiger partial charge in [0.15, 0.2) is 17.4 Å². The number of nitrogens with zero attached hydrogens (tertiary/aromatic N) is 6. The Hall–Kier alpha value is -4.49. The zero-order valence-electron chi connectivity index (χ0n) is 21.6. The van der Waals surface area contributed by atoms with Gasteiger partial charge in [-0.15, -0.1) is 11.3 Å². The van der Waals surface area contributed by atoms with Gasteiger partial charge in [0, 0.05) is 43.7 Å². The molecular formula is C28H21F3N8OS. The number of carbonyl (C=O) groups is 1. The van der Waals surface area contributed by atoms with E-state index in [4.69, 9.17) is 4.98 Å². The van der Waals surface area contributed by atoms with Crippen molar-refractivity contribution in [1.29, 1.82) is 0 Å². The van der Waals surface area contributed by atoms with Crippen LogP contribution in [0.1, 0.15) is 28.6 Å². The molecular weight excluding hydrogens is 553 g/mol. The van der Waals surface area contributed by atoms with Crippen molar-refractivity contribution >= 4 is 39.1 Å². The molecule has 0 spiro atoms. The van der Waals surface area contributed by atoms with E-state index >= 15 is 4.39 Å². The summed E-state index contributed by atoms with van der Waals surface area (Å²) in [7, 11) is 0. The predicted octanol–water partition coefficient (Wildman–Crippen LogP) is 5.87. The number of H-pyrrole nitrogens is 2. The summed E-state index contributed by atoms with van der Waals surface area (Å²) in [4.78, 5) is 35.8. The number of carbonyl (C=O) groups excluding carboxylic acids is 1. The van der Waals surface area contributed by atoms with Crippen molar-refractivity contribution in [1.82, 2.24) is 40.0 Å². The molecule has 0 atom stereocenters. The van der Waals surface area contributed by atoms with Gasteiger partial charge in [-0.25, -0.2) is 18.2 Å². The standard InChI is InChI=1S/C28H21F3N8OS/c1-14(40)19-2-3-20(41-19)25-24-17(4-6-33-25)35-27(36-24)26-21-18(37-38-26)11-34-23(22(21)29)16-8-15(9-32-10-16)12-39-7-5-28(30,31)13-39/h2-4,6,8-11H,5,7,12-13H2,1H3,(H,35,36)(H,37,38). The fourth-order valence-electron chi connectivity index (χ4n) is 5.14. The zero-order chi connectivity index (χ0) is 28.3. The quantitative estimate of drug-likeness (QED) is 0.239. The molecule has 9 nitrogen and oxygen atoms in total. The number of rotatable bonds is 6. The lowest BCUT2D eigenvalue weighted by molar-refractivity contribution is 0.0115. The Kier molecular flexibility index (Phi) is 5.94. The smallest absolute Gasteiger partial charge is 0.261 e. The number of halogens is 3. The molecule has 0 aromatic carbocycles. The lowest BCUT2D eigenvalue weighted by Gasteiger charge is -2.15. The van der Waals surface area contributed by atoms with Crippen LogP contribution in [0.3, 0.4) is 0 Å². The van der Waals surface area contributed by atoms with E-state index in [9.17, 15) is 13.6 Å². The molecule has 6 aromatic heterocycles. The summed E-state index contributed by atoms with van der Waals surface area (Å²) in [5.74, 6) is -2.98. The van der Waals surface area contributed by atoms with Gasteiger partial charge in [-0.1, -0.05) is 0 Å². The molecule has 1 saturated heterocycles. The predicted molar refractivity (Wildman–Crippen MR) is 148 cm³/mol. The van der Waals surface area contributed by atoms with Crippen LogP contribution >= 0.6 is 11.3 Å². The van der Waals surface area contributed by atoms with Gasteiger partial charge in [-0.05, 0) is 36.8 Å². The van der Waals surface area contributed by atoms with E-state index in [1.54, 1.807) is 35.5 Å². The molecule has 7 heterocycles. The van der Waals surface area contributed by atoms with Crippen LogP contribution in [-0.2, 0) is 6.54 Å². The summed E-state index contributed by atoms with van der Waals surface area (Å²) in [5.41, 5.74) is 3.69. The zero-order valence-corrected chi connectivity index (χ0v) is 22.4. The number of pyridine rings is 3. The van der Waals surface area contributed by atoms with Crippen LogP contribution in [0.2, 0.25) is 0 Å². The topological polar surface area (TPSA) is 116 Å². The second-order valence-electron chi connectivity index (χ2n) is 10.0. The number of thiophene rings is 1. The molecule has 0 radical (unpaired) electrons. The number of Topliss-reactive ketones (excluding diaryl/α,β-unsaturated/α-hetero) is 1. The third kappa shape index (κ3) is 4.56. The van der Waals surface area contributed by atoms with Crippen LogP contribution in [-0.4, -0.2) is 64.8 Å². The van der Waals surface area contributed by atoms with Crippen molar-refractivity contribution in [2.45, 2.75) is 25.8 Å². The molecule has 0 aliphatic carbocycles. The van der Waals surface area contributed by atoms with E-state index in [1.807, 2.05) is 6.07 Å². The number of ketones is 1. The Morgan fingerprint density at radius 1 is 1.15 bits per heavy atom. The first-order chi connectivity index (χ1) is 19.8. The number of aromatic amines is 2. The maximum atomic E-state index is 16.1. The van der Waals surface area contributed by atoms with Crippen LogP contribution in [0.5, 0.6) is 0 Å². The van der Waals surface area contributed by atoms with Gasteiger partial charge in [0.2, 0.25) is 0 Å². The minimum Gasteiger partial charge on any atom is -0.337 e. The normalized spacial score (nSPS) is 15.3. The fraction of sp³-hybridized carbons (Fsp3) is 0.214. The van der Waals surface area contributed by atoms with Gasteiger partial charge in [-0.3, -0.25) is 29.7 Å². The van der Waals surface area contributed by atoms with E-state index in [1.165, 1.54) is 30.7 Å². The molecule has 1 fully saturated rings. The third-order valence-corrected chi connectivity index (χ3v) is 8.28. The molecule has 2 N–H and O–H groups in total. The van der Waals surface area contributed by atoms with Gasteiger partial charge in [0.25, 0.3) is 5.92 Å². The van der Waals surface area contributed by atoms with Crippen molar-refractivity contribution in [3.05, 3.63) is 65.3 Å². The largest absolute Gasteiger partial charge is 0.337 e. The summed E-state index contributed by atoms with van der Waals surface area (Å²) >= 11 is 1.33. The van der Waals surface area contributed by atoms with Crippen molar-refractivity contribution in [2.24, 2.45) is 0 Å². The minimum absolute atomic E-state index is 0.0294. The van der Waals surface area contributed by atoms with Gasteiger partial charge in [-0.2, -0.15) is 5.10 Å². The summed E-state index contributed by atoms with van der Waals surface area (Å²) in [6.07, 6.45) is 6.01. The van der Waals surface area contributed by atoms with E-state index in [0.29, 0.717) is 49.8 Å². The van der Waals surface area contributed by atoms with Crippen LogP contribution in [0, 0.1) is 5.82 Å². The molecule has 0 saturated carbocycles. The fourth-order valence-corrected chi connectivity index (χ4v) is 6.04. The van der Waals surface area contributed by atoms with Gasteiger partial charge >= 0.3 is 0 Å². The molecule has 41 heavy (non-hydrogen) atoms. The molecule has 0 bridgehead atoms. The highest BCUT2D eigenvalue weighted by Crippen LogP contribution is 2.36. The molecule has 0 unspecified atom stereocenters. The van der Waals surface area contributed by atoms with Crippen LogP contribution in [0.15, 0.2) is 49.1 Å². The van der Waals surface area contributed by atoms with Crippen LogP contribution in [0.4, 0.5) is 13.2 Å². The van der Waals surface area contributed by atoms with Crippen molar-refractivity contribution in [3.63, 3.8) is 0 Å². The molecule has 0 amide bonds. The molecule has 7 rings (SSSR count). The number of likely N-dealkylation sites (tertiary alicyclic amines) is 1. The Morgan fingerprint density at radius 2 is 2.02 bits per heavy atom. The van der Waals surface area contributed by atoms with E-state index in [2.05, 4.69) is 30.1 Å².